The molecule has 0 amide bonds. The zero-order valence-electron chi connectivity index (χ0n) is 7.22. The van der Waals surface area contributed by atoms with Crippen molar-refractivity contribution < 1.29 is 0 Å². The van der Waals surface area contributed by atoms with Gasteiger partial charge in [0, 0.05) is 5.92 Å². The molecule has 2 aliphatic carbocycles. The lowest BCUT2D eigenvalue weighted by molar-refractivity contribution is 0.812. The van der Waals surface area contributed by atoms with Gasteiger partial charge in [-0.3, -0.25) is 0 Å². The summed E-state index contributed by atoms with van der Waals surface area (Å²) in [6.07, 6.45) is 9.46. The Kier molecular flexibility index (Phi) is 1.49. The molecule has 1 fully saturated rings. The SMILES string of the molecule is C/C=C1\C=C2C/C(=C/C)C1C2. The van der Waals surface area contributed by atoms with Crippen LogP contribution >= 0.6 is 0 Å². The second kappa shape index (κ2) is 2.37. The molecule has 0 heteroatoms. The molecule has 0 spiro atoms. The minimum atomic E-state index is 0.764. The Morgan fingerprint density at radius 1 is 1.36 bits per heavy atom. The van der Waals surface area contributed by atoms with Crippen molar-refractivity contribution in [2.45, 2.75) is 26.7 Å². The molecule has 2 aliphatic rings. The van der Waals surface area contributed by atoms with Gasteiger partial charge in [-0.2, -0.15) is 0 Å². The van der Waals surface area contributed by atoms with Gasteiger partial charge < -0.3 is 0 Å². The van der Waals surface area contributed by atoms with Crippen molar-refractivity contribution in [3.63, 3.8) is 0 Å². The van der Waals surface area contributed by atoms with Crippen molar-refractivity contribution in [1.82, 2.24) is 0 Å². The number of allylic oxidation sites excluding steroid dienone is 6. The lowest BCUT2D eigenvalue weighted by Gasteiger charge is -2.11. The van der Waals surface area contributed by atoms with E-state index in [1.54, 1.807) is 16.7 Å². The molecular weight excluding hydrogens is 132 g/mol. The Balaban J connectivity index is 2.39. The lowest BCUT2D eigenvalue weighted by Crippen LogP contribution is -1.97. The zero-order valence-corrected chi connectivity index (χ0v) is 7.22. The van der Waals surface area contributed by atoms with E-state index in [2.05, 4.69) is 32.1 Å². The van der Waals surface area contributed by atoms with Crippen LogP contribution in [-0.4, -0.2) is 0 Å². The average molecular weight is 146 g/mol. The largest absolute Gasteiger partial charge is 0.0875 e. The minimum Gasteiger partial charge on any atom is -0.0875 e. The predicted octanol–water partition coefficient (Wildman–Crippen LogP) is 3.23. The number of hydrogen-bond donors (Lipinski definition) is 0. The van der Waals surface area contributed by atoms with Crippen molar-refractivity contribution in [2.24, 2.45) is 5.92 Å². The smallest absolute Gasteiger partial charge is 0.00853 e. The molecular formula is C11H14. The Bertz CT molecular complexity index is 264. The first kappa shape index (κ1) is 6.90. The monoisotopic (exact) mass is 146 g/mol. The minimum absolute atomic E-state index is 0.764. The molecule has 1 atom stereocenters. The summed E-state index contributed by atoms with van der Waals surface area (Å²) < 4.78 is 0. The van der Waals surface area contributed by atoms with Crippen molar-refractivity contribution in [2.75, 3.05) is 0 Å². The Hall–Kier alpha value is -0.780. The molecule has 0 aromatic carbocycles. The van der Waals surface area contributed by atoms with Crippen LogP contribution < -0.4 is 0 Å². The van der Waals surface area contributed by atoms with Crippen molar-refractivity contribution >= 4 is 0 Å². The molecule has 11 heavy (non-hydrogen) atoms. The first-order valence-corrected chi connectivity index (χ1v) is 4.36. The van der Waals surface area contributed by atoms with Crippen LogP contribution in [0.4, 0.5) is 0 Å². The third kappa shape index (κ3) is 0.891. The molecule has 0 radical (unpaired) electrons. The molecule has 2 rings (SSSR count). The zero-order chi connectivity index (χ0) is 7.84. The van der Waals surface area contributed by atoms with Crippen LogP contribution in [0.15, 0.2) is 34.9 Å². The van der Waals surface area contributed by atoms with Gasteiger partial charge in [-0.25, -0.2) is 0 Å². The quantitative estimate of drug-likeness (QED) is 0.460. The second-order valence-electron chi connectivity index (χ2n) is 3.39. The lowest BCUT2D eigenvalue weighted by atomic mass is 9.93. The summed E-state index contributed by atoms with van der Waals surface area (Å²) in [5, 5.41) is 0. The van der Waals surface area contributed by atoms with Crippen molar-refractivity contribution in [3.05, 3.63) is 34.9 Å². The van der Waals surface area contributed by atoms with Crippen LogP contribution in [0, 0.1) is 5.92 Å². The molecule has 2 bridgehead atoms. The van der Waals surface area contributed by atoms with Gasteiger partial charge in [0.1, 0.15) is 0 Å². The van der Waals surface area contributed by atoms with E-state index in [0.717, 1.165) is 5.92 Å². The standard InChI is InChI=1S/C11H14/c1-3-9-5-8-6-10(4-2)11(9)7-8/h3-5,11H,6-7H2,1-2H3/b9-3+,10-4-. The maximum Gasteiger partial charge on any atom is 0.00853 e. The van der Waals surface area contributed by atoms with Gasteiger partial charge in [-0.05, 0) is 32.3 Å². The van der Waals surface area contributed by atoms with E-state index >= 15 is 0 Å². The van der Waals surface area contributed by atoms with Gasteiger partial charge in [0.25, 0.3) is 0 Å². The molecule has 1 unspecified atom stereocenters. The average Bonchev–Trinajstić information content (AvgIpc) is 2.60. The Labute approximate surface area is 68.3 Å². The highest BCUT2D eigenvalue weighted by Crippen LogP contribution is 2.46. The Morgan fingerprint density at radius 2 is 2.18 bits per heavy atom. The molecule has 0 aromatic heterocycles. The molecule has 0 aromatic rings. The number of fused-ring (bicyclic) bond motifs is 2. The highest BCUT2D eigenvalue weighted by atomic mass is 14.4. The van der Waals surface area contributed by atoms with E-state index < -0.39 is 0 Å². The summed E-state index contributed by atoms with van der Waals surface area (Å²) in [7, 11) is 0. The molecule has 58 valence electrons. The topological polar surface area (TPSA) is 0 Å². The van der Waals surface area contributed by atoms with E-state index in [0.29, 0.717) is 0 Å². The van der Waals surface area contributed by atoms with Crippen LogP contribution in [0.5, 0.6) is 0 Å². The highest BCUT2D eigenvalue weighted by Gasteiger charge is 2.31. The van der Waals surface area contributed by atoms with Crippen molar-refractivity contribution in [3.8, 4) is 0 Å². The predicted molar refractivity (Wildman–Crippen MR) is 48.3 cm³/mol. The fourth-order valence-corrected chi connectivity index (χ4v) is 2.22. The fraction of sp³-hybridized carbons (Fsp3) is 0.455. The van der Waals surface area contributed by atoms with Gasteiger partial charge in [-0.15, -0.1) is 0 Å². The third-order valence-electron chi connectivity index (χ3n) is 2.82. The summed E-state index contributed by atoms with van der Waals surface area (Å²) in [4.78, 5) is 0. The van der Waals surface area contributed by atoms with Crippen LogP contribution in [0.25, 0.3) is 0 Å². The van der Waals surface area contributed by atoms with Crippen LogP contribution in [0.2, 0.25) is 0 Å². The van der Waals surface area contributed by atoms with E-state index in [1.165, 1.54) is 12.8 Å². The van der Waals surface area contributed by atoms with Gasteiger partial charge >= 0.3 is 0 Å². The first-order chi connectivity index (χ1) is 5.35. The number of rotatable bonds is 0. The van der Waals surface area contributed by atoms with Crippen LogP contribution in [-0.2, 0) is 0 Å². The van der Waals surface area contributed by atoms with Gasteiger partial charge in [0.05, 0.1) is 0 Å². The van der Waals surface area contributed by atoms with E-state index in [-0.39, 0.29) is 0 Å². The highest BCUT2D eigenvalue weighted by molar-refractivity contribution is 5.47. The fourth-order valence-electron chi connectivity index (χ4n) is 2.22. The molecule has 0 saturated heterocycles. The summed E-state index contributed by atoms with van der Waals surface area (Å²) in [6, 6.07) is 0. The van der Waals surface area contributed by atoms with Gasteiger partial charge in [0.15, 0.2) is 0 Å². The van der Waals surface area contributed by atoms with E-state index in [9.17, 15) is 0 Å². The summed E-state index contributed by atoms with van der Waals surface area (Å²) in [5.74, 6) is 0.764. The maximum atomic E-state index is 2.37. The van der Waals surface area contributed by atoms with Crippen LogP contribution in [0.3, 0.4) is 0 Å². The Morgan fingerprint density at radius 3 is 2.73 bits per heavy atom. The number of hydrogen-bond acceptors (Lipinski definition) is 0. The third-order valence-corrected chi connectivity index (χ3v) is 2.82. The first-order valence-electron chi connectivity index (χ1n) is 4.36. The maximum absolute atomic E-state index is 2.37. The van der Waals surface area contributed by atoms with Gasteiger partial charge in [-0.1, -0.05) is 29.4 Å². The molecule has 0 nitrogen and oxygen atoms in total. The molecule has 0 aliphatic heterocycles. The normalized spacial score (nSPS) is 35.5. The molecule has 0 N–H and O–H groups in total. The molecule has 1 saturated carbocycles. The van der Waals surface area contributed by atoms with E-state index in [1.807, 2.05) is 0 Å². The summed E-state index contributed by atoms with van der Waals surface area (Å²) >= 11 is 0. The summed E-state index contributed by atoms with van der Waals surface area (Å²) in [6.45, 7) is 4.30. The van der Waals surface area contributed by atoms with Crippen molar-refractivity contribution in [1.29, 1.82) is 0 Å². The summed E-state index contributed by atoms with van der Waals surface area (Å²) in [5.41, 5.74) is 4.81. The second-order valence-corrected chi connectivity index (χ2v) is 3.39. The molecule has 0 heterocycles. The van der Waals surface area contributed by atoms with Crippen LogP contribution in [0.1, 0.15) is 26.7 Å². The van der Waals surface area contributed by atoms with Gasteiger partial charge in [0.2, 0.25) is 0 Å². The van der Waals surface area contributed by atoms with E-state index in [4.69, 9.17) is 0 Å².